The number of aryl methyl sites for hydroxylation is 3. The molecule has 1 aromatic heterocycles. The van der Waals surface area contributed by atoms with E-state index in [1.54, 1.807) is 11.9 Å². The summed E-state index contributed by atoms with van der Waals surface area (Å²) in [5.74, 6) is 0.757. The fourth-order valence-corrected chi connectivity index (χ4v) is 2.77. The van der Waals surface area contributed by atoms with E-state index in [-0.39, 0.29) is 12.1 Å². The zero-order valence-electron chi connectivity index (χ0n) is 16.8. The molecule has 1 aliphatic heterocycles. The molecule has 0 radical (unpaired) electrons. The van der Waals surface area contributed by atoms with Crippen molar-refractivity contribution in [3.05, 3.63) is 17.5 Å². The van der Waals surface area contributed by atoms with Crippen molar-refractivity contribution in [2.24, 2.45) is 4.99 Å². The van der Waals surface area contributed by atoms with Gasteiger partial charge in [-0.15, -0.1) is 0 Å². The molecule has 8 nitrogen and oxygen atoms in total. The lowest BCUT2D eigenvalue weighted by molar-refractivity contribution is 0.00701. The number of rotatable bonds is 5. The Morgan fingerprint density at radius 3 is 2.62 bits per heavy atom. The summed E-state index contributed by atoms with van der Waals surface area (Å²) in [4.78, 5) is 17.9. The van der Waals surface area contributed by atoms with Crippen molar-refractivity contribution in [3.8, 4) is 0 Å². The predicted octanol–water partition coefficient (Wildman–Crippen LogP) is 1.67. The van der Waals surface area contributed by atoms with Gasteiger partial charge >= 0.3 is 6.09 Å². The number of guanidine groups is 1. The number of ether oxygens (including phenoxy) is 1. The zero-order valence-corrected chi connectivity index (χ0v) is 16.8. The highest BCUT2D eigenvalue weighted by molar-refractivity contribution is 5.80. The first-order chi connectivity index (χ1) is 12.2. The summed E-state index contributed by atoms with van der Waals surface area (Å²) in [5, 5.41) is 11.1. The SMILES string of the molecule is CN=C(NCCCn1nc(C)cc1C)NC1CN(C(=O)OC(C)(C)C)C1. The number of carbonyl (C=O) groups excluding carboxylic acids is 1. The molecule has 0 unspecified atom stereocenters. The molecule has 146 valence electrons. The van der Waals surface area contributed by atoms with E-state index in [2.05, 4.69) is 33.7 Å². The van der Waals surface area contributed by atoms with Crippen molar-refractivity contribution in [3.63, 3.8) is 0 Å². The number of aliphatic imine (C=N–C) groups is 1. The zero-order chi connectivity index (χ0) is 19.3. The summed E-state index contributed by atoms with van der Waals surface area (Å²) in [5.41, 5.74) is 1.77. The van der Waals surface area contributed by atoms with E-state index in [1.807, 2.05) is 32.4 Å². The minimum atomic E-state index is -0.460. The van der Waals surface area contributed by atoms with Crippen molar-refractivity contribution in [1.29, 1.82) is 0 Å². The minimum Gasteiger partial charge on any atom is -0.444 e. The summed E-state index contributed by atoms with van der Waals surface area (Å²) < 4.78 is 7.38. The molecule has 1 saturated heterocycles. The van der Waals surface area contributed by atoms with E-state index in [0.29, 0.717) is 13.1 Å². The molecule has 2 N–H and O–H groups in total. The fourth-order valence-electron chi connectivity index (χ4n) is 2.77. The Kier molecular flexibility index (Phi) is 6.50. The molecule has 2 rings (SSSR count). The summed E-state index contributed by atoms with van der Waals surface area (Å²) in [6.07, 6.45) is 0.695. The number of amides is 1. The molecule has 1 aromatic rings. The minimum absolute atomic E-state index is 0.199. The number of nitrogens with zero attached hydrogens (tertiary/aromatic N) is 4. The van der Waals surface area contributed by atoms with E-state index < -0.39 is 5.60 Å². The van der Waals surface area contributed by atoms with Gasteiger partial charge in [0.25, 0.3) is 0 Å². The van der Waals surface area contributed by atoms with Crippen LogP contribution in [0.5, 0.6) is 0 Å². The van der Waals surface area contributed by atoms with Crippen LogP contribution in [-0.4, -0.2) is 65.1 Å². The van der Waals surface area contributed by atoms with E-state index in [9.17, 15) is 4.79 Å². The van der Waals surface area contributed by atoms with Crippen LogP contribution in [0.3, 0.4) is 0 Å². The first-order valence-corrected chi connectivity index (χ1v) is 9.14. The number of nitrogens with one attached hydrogen (secondary N) is 2. The second-order valence-corrected chi connectivity index (χ2v) is 7.73. The maximum absolute atomic E-state index is 11.9. The molecule has 0 aromatic carbocycles. The molecular formula is C18H32N6O2. The molecule has 0 atom stereocenters. The van der Waals surface area contributed by atoms with Gasteiger partial charge in [0.15, 0.2) is 5.96 Å². The number of likely N-dealkylation sites (tertiary alicyclic amines) is 1. The van der Waals surface area contributed by atoms with E-state index >= 15 is 0 Å². The molecule has 1 amide bonds. The van der Waals surface area contributed by atoms with Crippen LogP contribution in [0.1, 0.15) is 38.6 Å². The second-order valence-electron chi connectivity index (χ2n) is 7.73. The lowest BCUT2D eigenvalue weighted by Crippen LogP contribution is -2.63. The van der Waals surface area contributed by atoms with Gasteiger partial charge in [0.1, 0.15) is 5.60 Å². The van der Waals surface area contributed by atoms with E-state index in [0.717, 1.165) is 31.2 Å². The standard InChI is InChI=1S/C18H32N6O2/c1-13-10-14(2)24(22-13)9-7-8-20-16(19-6)21-15-11-23(12-15)17(25)26-18(3,4)5/h10,15H,7-9,11-12H2,1-6H3,(H2,19,20,21). The first-order valence-electron chi connectivity index (χ1n) is 9.14. The number of aromatic nitrogens is 2. The van der Waals surface area contributed by atoms with Gasteiger partial charge in [-0.3, -0.25) is 9.67 Å². The molecule has 26 heavy (non-hydrogen) atoms. The number of hydrogen-bond donors (Lipinski definition) is 2. The Bertz CT molecular complexity index is 641. The summed E-state index contributed by atoms with van der Waals surface area (Å²) >= 11 is 0. The van der Waals surface area contributed by atoms with E-state index in [4.69, 9.17) is 4.74 Å². The normalized spacial score (nSPS) is 15.6. The van der Waals surface area contributed by atoms with Gasteiger partial charge in [0, 0.05) is 38.9 Å². The molecule has 0 aliphatic carbocycles. The Morgan fingerprint density at radius 2 is 2.08 bits per heavy atom. The molecule has 8 heteroatoms. The van der Waals surface area contributed by atoms with Crippen LogP contribution in [-0.2, 0) is 11.3 Å². The first kappa shape index (κ1) is 20.1. The lowest BCUT2D eigenvalue weighted by Gasteiger charge is -2.40. The Balaban J connectivity index is 1.65. The molecule has 2 heterocycles. The van der Waals surface area contributed by atoms with Crippen molar-refractivity contribution < 1.29 is 9.53 Å². The quantitative estimate of drug-likeness (QED) is 0.472. The van der Waals surface area contributed by atoms with Crippen LogP contribution < -0.4 is 10.6 Å². The van der Waals surface area contributed by atoms with Crippen LogP contribution in [0.25, 0.3) is 0 Å². The van der Waals surface area contributed by atoms with E-state index in [1.165, 1.54) is 5.69 Å². The highest BCUT2D eigenvalue weighted by Crippen LogP contribution is 2.15. The smallest absolute Gasteiger partial charge is 0.410 e. The van der Waals surface area contributed by atoms with Crippen molar-refractivity contribution in [1.82, 2.24) is 25.3 Å². The summed E-state index contributed by atoms with van der Waals surface area (Å²) in [7, 11) is 1.75. The van der Waals surface area contributed by atoms with Crippen LogP contribution >= 0.6 is 0 Å². The van der Waals surface area contributed by atoms with Gasteiger partial charge in [0.05, 0.1) is 11.7 Å². The fraction of sp³-hybridized carbons (Fsp3) is 0.722. The highest BCUT2D eigenvalue weighted by Gasteiger charge is 2.34. The highest BCUT2D eigenvalue weighted by atomic mass is 16.6. The molecule has 0 bridgehead atoms. The largest absolute Gasteiger partial charge is 0.444 e. The second kappa shape index (κ2) is 8.42. The molecular weight excluding hydrogens is 332 g/mol. The molecule has 1 fully saturated rings. The molecule has 1 aliphatic rings. The average molecular weight is 364 g/mol. The third-order valence-corrected chi connectivity index (χ3v) is 4.04. The topological polar surface area (TPSA) is 83.8 Å². The summed E-state index contributed by atoms with van der Waals surface area (Å²) in [6.45, 7) is 12.6. The third kappa shape index (κ3) is 5.93. The number of hydrogen-bond acceptors (Lipinski definition) is 4. The Hall–Kier alpha value is -2.25. The van der Waals surface area contributed by atoms with Crippen LogP contribution in [0.2, 0.25) is 0 Å². The summed E-state index contributed by atoms with van der Waals surface area (Å²) in [6, 6.07) is 2.28. The Morgan fingerprint density at radius 1 is 1.38 bits per heavy atom. The van der Waals surface area contributed by atoms with Gasteiger partial charge in [-0.05, 0) is 47.1 Å². The van der Waals surface area contributed by atoms with Crippen LogP contribution in [0.15, 0.2) is 11.1 Å². The lowest BCUT2D eigenvalue weighted by atomic mass is 10.1. The average Bonchev–Trinajstić information content (AvgIpc) is 2.80. The monoisotopic (exact) mass is 364 g/mol. The van der Waals surface area contributed by atoms with Gasteiger partial charge < -0.3 is 20.3 Å². The van der Waals surface area contributed by atoms with Gasteiger partial charge in [0.2, 0.25) is 0 Å². The van der Waals surface area contributed by atoms with Crippen molar-refractivity contribution >= 4 is 12.1 Å². The van der Waals surface area contributed by atoms with Gasteiger partial charge in [-0.2, -0.15) is 5.10 Å². The molecule has 0 spiro atoms. The van der Waals surface area contributed by atoms with Crippen LogP contribution in [0.4, 0.5) is 4.79 Å². The van der Waals surface area contributed by atoms with Gasteiger partial charge in [-0.25, -0.2) is 4.79 Å². The van der Waals surface area contributed by atoms with Crippen molar-refractivity contribution in [2.75, 3.05) is 26.7 Å². The molecule has 0 saturated carbocycles. The van der Waals surface area contributed by atoms with Gasteiger partial charge in [-0.1, -0.05) is 0 Å². The maximum atomic E-state index is 11.9. The predicted molar refractivity (Wildman–Crippen MR) is 102 cm³/mol. The van der Waals surface area contributed by atoms with Crippen LogP contribution in [0, 0.1) is 13.8 Å². The number of carbonyl (C=O) groups is 1. The third-order valence-electron chi connectivity index (χ3n) is 4.04. The van der Waals surface area contributed by atoms with Crippen molar-refractivity contribution in [2.45, 2.75) is 59.2 Å². The Labute approximate surface area is 156 Å². The maximum Gasteiger partial charge on any atom is 0.410 e.